The molecule has 2 unspecified atom stereocenters. The molecule has 1 aromatic carbocycles. The van der Waals surface area contributed by atoms with E-state index in [1.54, 1.807) is 0 Å². The zero-order chi connectivity index (χ0) is 15.4. The SMILES string of the molecule is CC(=O)SCC(O)C(O)c1cc(F)cc([N+](=O)[O-])c1O. The van der Waals surface area contributed by atoms with Gasteiger partial charge in [0.05, 0.1) is 17.1 Å². The molecule has 0 radical (unpaired) electrons. The van der Waals surface area contributed by atoms with Gasteiger partial charge in [-0.15, -0.1) is 0 Å². The molecule has 0 aromatic heterocycles. The Bertz CT molecular complexity index is 538. The van der Waals surface area contributed by atoms with E-state index in [0.29, 0.717) is 12.1 Å². The van der Waals surface area contributed by atoms with E-state index >= 15 is 0 Å². The smallest absolute Gasteiger partial charge is 0.314 e. The largest absolute Gasteiger partial charge is 0.502 e. The molecule has 20 heavy (non-hydrogen) atoms. The van der Waals surface area contributed by atoms with E-state index in [4.69, 9.17) is 0 Å². The van der Waals surface area contributed by atoms with Gasteiger partial charge in [-0.25, -0.2) is 4.39 Å². The zero-order valence-electron chi connectivity index (χ0n) is 10.3. The summed E-state index contributed by atoms with van der Waals surface area (Å²) in [4.78, 5) is 20.4. The third-order valence-electron chi connectivity index (χ3n) is 2.42. The van der Waals surface area contributed by atoms with Crippen LogP contribution in [0.15, 0.2) is 12.1 Å². The first-order valence-corrected chi connectivity index (χ1v) is 6.39. The number of nitro groups is 1. The lowest BCUT2D eigenvalue weighted by atomic mass is 10.0. The van der Waals surface area contributed by atoms with Gasteiger partial charge < -0.3 is 15.3 Å². The average molecular weight is 305 g/mol. The maximum Gasteiger partial charge on any atom is 0.314 e. The predicted octanol–water partition coefficient (Wildman–Crippen LogP) is 1.11. The fraction of sp³-hybridized carbons (Fsp3) is 0.364. The van der Waals surface area contributed by atoms with Crippen LogP contribution in [0.5, 0.6) is 5.75 Å². The minimum Gasteiger partial charge on any atom is -0.502 e. The Morgan fingerprint density at radius 3 is 2.60 bits per heavy atom. The quantitative estimate of drug-likeness (QED) is 0.550. The minimum absolute atomic E-state index is 0.194. The number of aliphatic hydroxyl groups is 2. The fourth-order valence-electron chi connectivity index (χ4n) is 1.47. The molecule has 0 aliphatic rings. The third-order valence-corrected chi connectivity index (χ3v) is 3.34. The van der Waals surface area contributed by atoms with E-state index in [1.165, 1.54) is 6.92 Å². The summed E-state index contributed by atoms with van der Waals surface area (Å²) in [6.45, 7) is 1.26. The maximum atomic E-state index is 13.2. The zero-order valence-corrected chi connectivity index (χ0v) is 11.1. The number of nitro benzene ring substituents is 1. The summed E-state index contributed by atoms with van der Waals surface area (Å²) in [6, 6.07) is 1.19. The van der Waals surface area contributed by atoms with Crippen LogP contribution >= 0.6 is 11.8 Å². The molecule has 0 saturated heterocycles. The number of thioether (sulfide) groups is 1. The lowest BCUT2D eigenvalue weighted by Gasteiger charge is -2.18. The molecule has 1 aromatic rings. The Morgan fingerprint density at radius 2 is 2.10 bits per heavy atom. The van der Waals surface area contributed by atoms with E-state index in [0.717, 1.165) is 11.8 Å². The Balaban J connectivity index is 3.06. The number of aliphatic hydroxyl groups excluding tert-OH is 2. The van der Waals surface area contributed by atoms with Crippen molar-refractivity contribution in [2.45, 2.75) is 19.1 Å². The first-order chi connectivity index (χ1) is 9.23. The Hall–Kier alpha value is -1.71. The standard InChI is InChI=1S/C11H12FNO6S/c1-5(14)20-4-9(15)11(17)7-2-6(12)3-8(10(7)16)13(18)19/h2-3,9,11,15-17H,4H2,1H3. The number of hydrogen-bond acceptors (Lipinski definition) is 7. The van der Waals surface area contributed by atoms with Crippen LogP contribution in [0.2, 0.25) is 0 Å². The monoisotopic (exact) mass is 305 g/mol. The molecule has 0 amide bonds. The molecule has 9 heteroatoms. The van der Waals surface area contributed by atoms with Crippen LogP contribution in [0.25, 0.3) is 0 Å². The summed E-state index contributed by atoms with van der Waals surface area (Å²) in [5, 5.41) is 39.4. The van der Waals surface area contributed by atoms with E-state index in [1.807, 2.05) is 0 Å². The van der Waals surface area contributed by atoms with Crippen molar-refractivity contribution in [3.05, 3.63) is 33.6 Å². The van der Waals surface area contributed by atoms with Crippen LogP contribution in [0.1, 0.15) is 18.6 Å². The van der Waals surface area contributed by atoms with Gasteiger partial charge in [-0.1, -0.05) is 11.8 Å². The van der Waals surface area contributed by atoms with Crippen molar-refractivity contribution in [3.63, 3.8) is 0 Å². The molecule has 0 saturated carbocycles. The Morgan fingerprint density at radius 1 is 1.50 bits per heavy atom. The predicted molar refractivity (Wildman–Crippen MR) is 68.8 cm³/mol. The number of carbonyl (C=O) groups excluding carboxylic acids is 1. The van der Waals surface area contributed by atoms with Gasteiger partial charge in [-0.2, -0.15) is 0 Å². The highest BCUT2D eigenvalue weighted by Crippen LogP contribution is 2.36. The second-order valence-electron chi connectivity index (χ2n) is 3.93. The molecular formula is C11H12FNO6S. The van der Waals surface area contributed by atoms with Crippen LogP contribution in [0.4, 0.5) is 10.1 Å². The fourth-order valence-corrected chi connectivity index (χ4v) is 2.06. The second-order valence-corrected chi connectivity index (χ2v) is 5.13. The number of carbonyl (C=O) groups is 1. The van der Waals surface area contributed by atoms with Crippen LogP contribution < -0.4 is 0 Å². The van der Waals surface area contributed by atoms with Gasteiger partial charge in [0.15, 0.2) is 5.12 Å². The highest BCUT2D eigenvalue weighted by atomic mass is 32.2. The summed E-state index contributed by atoms with van der Waals surface area (Å²) < 4.78 is 13.2. The minimum atomic E-state index is -1.75. The average Bonchev–Trinajstić information content (AvgIpc) is 2.36. The molecule has 1 rings (SSSR count). The van der Waals surface area contributed by atoms with Gasteiger partial charge in [0.1, 0.15) is 11.9 Å². The van der Waals surface area contributed by atoms with Crippen molar-refractivity contribution >= 4 is 22.6 Å². The van der Waals surface area contributed by atoms with Crippen molar-refractivity contribution in [3.8, 4) is 5.75 Å². The summed E-state index contributed by atoms with van der Waals surface area (Å²) in [7, 11) is 0. The summed E-state index contributed by atoms with van der Waals surface area (Å²) in [6.07, 6.45) is -3.24. The Kier molecular flexibility index (Phi) is 5.43. The molecule has 0 heterocycles. The maximum absolute atomic E-state index is 13.2. The topological polar surface area (TPSA) is 121 Å². The van der Waals surface area contributed by atoms with Gasteiger partial charge in [-0.05, 0) is 6.07 Å². The first-order valence-electron chi connectivity index (χ1n) is 5.40. The van der Waals surface area contributed by atoms with Crippen LogP contribution in [0.3, 0.4) is 0 Å². The molecular weight excluding hydrogens is 293 g/mol. The molecule has 0 fully saturated rings. The second kappa shape index (κ2) is 6.64. The molecule has 110 valence electrons. The highest BCUT2D eigenvalue weighted by molar-refractivity contribution is 8.13. The van der Waals surface area contributed by atoms with Crippen LogP contribution in [-0.4, -0.2) is 37.2 Å². The van der Waals surface area contributed by atoms with E-state index in [2.05, 4.69) is 0 Å². The van der Waals surface area contributed by atoms with Gasteiger partial charge in [-0.3, -0.25) is 14.9 Å². The van der Waals surface area contributed by atoms with Gasteiger partial charge in [0.25, 0.3) is 0 Å². The molecule has 0 bridgehead atoms. The van der Waals surface area contributed by atoms with E-state index in [-0.39, 0.29) is 10.9 Å². The highest BCUT2D eigenvalue weighted by Gasteiger charge is 2.28. The number of aromatic hydroxyl groups is 1. The molecule has 0 aliphatic heterocycles. The number of phenols is 1. The number of rotatable bonds is 5. The summed E-state index contributed by atoms with van der Waals surface area (Å²) in [5.41, 5.74) is -1.42. The van der Waals surface area contributed by atoms with Crippen molar-refractivity contribution in [2.24, 2.45) is 0 Å². The molecule has 2 atom stereocenters. The lowest BCUT2D eigenvalue weighted by Crippen LogP contribution is -2.21. The van der Waals surface area contributed by atoms with Crippen LogP contribution in [-0.2, 0) is 4.79 Å². The normalized spacial score (nSPS) is 13.8. The number of phenolic OH excluding ortho intramolecular Hbond substituents is 1. The molecule has 0 aliphatic carbocycles. The molecule has 3 N–H and O–H groups in total. The number of benzene rings is 1. The number of nitrogens with zero attached hydrogens (tertiary/aromatic N) is 1. The Labute approximate surface area is 117 Å². The molecule has 0 spiro atoms. The molecule has 7 nitrogen and oxygen atoms in total. The van der Waals surface area contributed by atoms with Crippen LogP contribution in [0, 0.1) is 15.9 Å². The number of halogens is 1. The third kappa shape index (κ3) is 3.89. The van der Waals surface area contributed by atoms with Crippen molar-refractivity contribution in [1.82, 2.24) is 0 Å². The summed E-state index contributed by atoms with van der Waals surface area (Å²) in [5.74, 6) is -2.15. The van der Waals surface area contributed by atoms with Crippen molar-refractivity contribution in [2.75, 3.05) is 5.75 Å². The lowest BCUT2D eigenvalue weighted by molar-refractivity contribution is -0.386. The van der Waals surface area contributed by atoms with Crippen molar-refractivity contribution in [1.29, 1.82) is 0 Å². The van der Waals surface area contributed by atoms with Gasteiger partial charge in [0.2, 0.25) is 5.75 Å². The van der Waals surface area contributed by atoms with Crippen molar-refractivity contribution < 1.29 is 29.4 Å². The van der Waals surface area contributed by atoms with Gasteiger partial charge in [0, 0.05) is 18.2 Å². The van der Waals surface area contributed by atoms with E-state index in [9.17, 15) is 34.6 Å². The summed E-state index contributed by atoms with van der Waals surface area (Å²) >= 11 is 0.725. The first kappa shape index (κ1) is 16.3. The number of hydrogen-bond donors (Lipinski definition) is 3. The van der Waals surface area contributed by atoms with E-state index < -0.39 is 39.9 Å². The van der Waals surface area contributed by atoms with Gasteiger partial charge >= 0.3 is 5.69 Å².